The summed E-state index contributed by atoms with van der Waals surface area (Å²) in [7, 11) is 0. The van der Waals surface area contributed by atoms with Crippen LogP contribution in [0.2, 0.25) is 0 Å². The summed E-state index contributed by atoms with van der Waals surface area (Å²) in [4.78, 5) is 0. The van der Waals surface area contributed by atoms with Gasteiger partial charge in [0.2, 0.25) is 0 Å². The number of hydrogen-bond donors (Lipinski definition) is 1. The van der Waals surface area contributed by atoms with Crippen LogP contribution in [0.3, 0.4) is 0 Å². The Morgan fingerprint density at radius 3 is 2.85 bits per heavy atom. The van der Waals surface area contributed by atoms with Crippen molar-refractivity contribution in [3.63, 3.8) is 0 Å². The standard InChI is InChI=1S/C12H22O/c1-3-7-11(2)10-12(13)8-5-4-6-9-12/h5,8,11,13H,3-4,6-7,9-10H2,1-2H3. The SMILES string of the molecule is CCCC(C)CC1(O)C=CCCC1. The van der Waals surface area contributed by atoms with Crippen molar-refractivity contribution in [1.82, 2.24) is 0 Å². The largest absolute Gasteiger partial charge is 0.386 e. The second kappa shape index (κ2) is 4.80. The Morgan fingerprint density at radius 2 is 2.31 bits per heavy atom. The first kappa shape index (κ1) is 10.8. The van der Waals surface area contributed by atoms with Crippen LogP contribution in [-0.2, 0) is 0 Å². The molecule has 76 valence electrons. The van der Waals surface area contributed by atoms with Gasteiger partial charge in [0.05, 0.1) is 5.60 Å². The first-order chi connectivity index (χ1) is 6.16. The third kappa shape index (κ3) is 3.51. The zero-order valence-corrected chi connectivity index (χ0v) is 8.92. The Balaban J connectivity index is 2.40. The Kier molecular flexibility index (Phi) is 3.98. The smallest absolute Gasteiger partial charge is 0.0830 e. The van der Waals surface area contributed by atoms with E-state index in [-0.39, 0.29) is 0 Å². The molecule has 0 bridgehead atoms. The molecule has 1 N–H and O–H groups in total. The molecule has 1 aliphatic carbocycles. The van der Waals surface area contributed by atoms with Gasteiger partial charge in [-0.05, 0) is 31.6 Å². The van der Waals surface area contributed by atoms with Gasteiger partial charge in [0, 0.05) is 0 Å². The molecule has 0 fully saturated rings. The highest BCUT2D eigenvalue weighted by atomic mass is 16.3. The molecule has 0 amide bonds. The van der Waals surface area contributed by atoms with Crippen molar-refractivity contribution in [2.24, 2.45) is 5.92 Å². The van der Waals surface area contributed by atoms with Crippen LogP contribution in [0.4, 0.5) is 0 Å². The minimum absolute atomic E-state index is 0.479. The maximum absolute atomic E-state index is 10.2. The van der Waals surface area contributed by atoms with Crippen molar-refractivity contribution < 1.29 is 5.11 Å². The van der Waals surface area contributed by atoms with Gasteiger partial charge in [-0.2, -0.15) is 0 Å². The molecule has 0 heterocycles. The van der Waals surface area contributed by atoms with Gasteiger partial charge in [-0.1, -0.05) is 38.8 Å². The van der Waals surface area contributed by atoms with E-state index in [4.69, 9.17) is 0 Å². The van der Waals surface area contributed by atoms with E-state index in [2.05, 4.69) is 19.9 Å². The summed E-state index contributed by atoms with van der Waals surface area (Å²) in [5.41, 5.74) is -0.479. The van der Waals surface area contributed by atoms with E-state index >= 15 is 0 Å². The third-order valence-electron chi connectivity index (χ3n) is 2.89. The fraction of sp³-hybridized carbons (Fsp3) is 0.833. The first-order valence-electron chi connectivity index (χ1n) is 5.56. The molecule has 0 saturated heterocycles. The molecule has 2 atom stereocenters. The van der Waals surface area contributed by atoms with Crippen LogP contribution >= 0.6 is 0 Å². The van der Waals surface area contributed by atoms with E-state index in [1.165, 1.54) is 12.8 Å². The molecular formula is C12H22O. The van der Waals surface area contributed by atoms with Gasteiger partial charge in [-0.25, -0.2) is 0 Å². The maximum Gasteiger partial charge on any atom is 0.0830 e. The lowest BCUT2D eigenvalue weighted by Crippen LogP contribution is -2.30. The Bertz CT molecular complexity index is 174. The van der Waals surface area contributed by atoms with Crippen molar-refractivity contribution >= 4 is 0 Å². The number of rotatable bonds is 4. The van der Waals surface area contributed by atoms with E-state index in [0.717, 1.165) is 25.7 Å². The lowest BCUT2D eigenvalue weighted by atomic mass is 9.82. The minimum Gasteiger partial charge on any atom is -0.386 e. The fourth-order valence-electron chi connectivity index (χ4n) is 2.28. The van der Waals surface area contributed by atoms with Gasteiger partial charge in [-0.3, -0.25) is 0 Å². The Hall–Kier alpha value is -0.300. The van der Waals surface area contributed by atoms with Crippen LogP contribution in [0.1, 0.15) is 52.4 Å². The summed E-state index contributed by atoms with van der Waals surface area (Å²) in [6.45, 7) is 4.45. The highest BCUT2D eigenvalue weighted by molar-refractivity contribution is 5.05. The summed E-state index contributed by atoms with van der Waals surface area (Å²) in [5, 5.41) is 10.2. The number of hydrogen-bond acceptors (Lipinski definition) is 1. The molecule has 0 aliphatic heterocycles. The lowest BCUT2D eigenvalue weighted by Gasteiger charge is -2.30. The second-order valence-electron chi connectivity index (χ2n) is 4.50. The van der Waals surface area contributed by atoms with Gasteiger partial charge in [0.25, 0.3) is 0 Å². The summed E-state index contributed by atoms with van der Waals surface area (Å²) in [6, 6.07) is 0. The molecule has 0 spiro atoms. The molecule has 0 saturated carbocycles. The number of allylic oxidation sites excluding steroid dienone is 1. The first-order valence-corrected chi connectivity index (χ1v) is 5.56. The Morgan fingerprint density at radius 1 is 1.54 bits per heavy atom. The summed E-state index contributed by atoms with van der Waals surface area (Å²) < 4.78 is 0. The molecule has 1 heteroatoms. The van der Waals surface area contributed by atoms with Gasteiger partial charge >= 0.3 is 0 Å². The van der Waals surface area contributed by atoms with Crippen molar-refractivity contribution in [2.45, 2.75) is 58.0 Å². The molecule has 2 unspecified atom stereocenters. The van der Waals surface area contributed by atoms with Crippen molar-refractivity contribution in [3.05, 3.63) is 12.2 Å². The van der Waals surface area contributed by atoms with Gasteiger partial charge in [-0.15, -0.1) is 0 Å². The minimum atomic E-state index is -0.479. The molecule has 1 rings (SSSR count). The van der Waals surface area contributed by atoms with Gasteiger partial charge in [0.1, 0.15) is 0 Å². The Labute approximate surface area is 81.9 Å². The highest BCUT2D eigenvalue weighted by Crippen LogP contribution is 2.29. The molecule has 0 aromatic heterocycles. The van der Waals surface area contributed by atoms with Gasteiger partial charge in [0.15, 0.2) is 0 Å². The van der Waals surface area contributed by atoms with Gasteiger partial charge < -0.3 is 5.11 Å². The van der Waals surface area contributed by atoms with Crippen molar-refractivity contribution in [2.75, 3.05) is 0 Å². The zero-order valence-electron chi connectivity index (χ0n) is 8.92. The van der Waals surface area contributed by atoms with Crippen LogP contribution < -0.4 is 0 Å². The van der Waals surface area contributed by atoms with Crippen LogP contribution in [0, 0.1) is 5.92 Å². The monoisotopic (exact) mass is 182 g/mol. The quantitative estimate of drug-likeness (QED) is 0.661. The fourth-order valence-corrected chi connectivity index (χ4v) is 2.28. The van der Waals surface area contributed by atoms with E-state index < -0.39 is 5.60 Å². The lowest BCUT2D eigenvalue weighted by molar-refractivity contribution is 0.0494. The average molecular weight is 182 g/mol. The van der Waals surface area contributed by atoms with Crippen LogP contribution in [-0.4, -0.2) is 10.7 Å². The predicted octanol–water partition coefficient (Wildman–Crippen LogP) is 3.28. The topological polar surface area (TPSA) is 20.2 Å². The summed E-state index contributed by atoms with van der Waals surface area (Å²) in [5.74, 6) is 0.651. The third-order valence-corrected chi connectivity index (χ3v) is 2.89. The molecule has 1 nitrogen and oxygen atoms in total. The predicted molar refractivity (Wildman–Crippen MR) is 56.6 cm³/mol. The molecular weight excluding hydrogens is 160 g/mol. The normalized spacial score (nSPS) is 30.4. The number of aliphatic hydroxyl groups is 1. The summed E-state index contributed by atoms with van der Waals surface area (Å²) >= 11 is 0. The van der Waals surface area contributed by atoms with Crippen LogP contribution in [0.25, 0.3) is 0 Å². The van der Waals surface area contributed by atoms with Crippen LogP contribution in [0.5, 0.6) is 0 Å². The zero-order chi connectivity index (χ0) is 9.73. The average Bonchev–Trinajstić information content (AvgIpc) is 2.04. The molecule has 1 aliphatic rings. The second-order valence-corrected chi connectivity index (χ2v) is 4.50. The van der Waals surface area contributed by atoms with Crippen LogP contribution in [0.15, 0.2) is 12.2 Å². The maximum atomic E-state index is 10.2. The molecule has 13 heavy (non-hydrogen) atoms. The van der Waals surface area contributed by atoms with E-state index in [1.54, 1.807) is 0 Å². The van der Waals surface area contributed by atoms with E-state index in [0.29, 0.717) is 5.92 Å². The molecule has 0 aromatic rings. The van der Waals surface area contributed by atoms with Crippen molar-refractivity contribution in [1.29, 1.82) is 0 Å². The highest BCUT2D eigenvalue weighted by Gasteiger charge is 2.26. The van der Waals surface area contributed by atoms with Crippen molar-refractivity contribution in [3.8, 4) is 0 Å². The molecule has 0 aromatic carbocycles. The van der Waals surface area contributed by atoms with E-state index in [1.807, 2.05) is 6.08 Å². The van der Waals surface area contributed by atoms with E-state index in [9.17, 15) is 5.11 Å². The molecule has 0 radical (unpaired) electrons. The summed E-state index contributed by atoms with van der Waals surface area (Å²) in [6.07, 6.45) is 10.8.